The summed E-state index contributed by atoms with van der Waals surface area (Å²) in [7, 11) is 0. The maximum Gasteiger partial charge on any atom is 0.178 e. The lowest BCUT2D eigenvalue weighted by atomic mass is 10.0. The van der Waals surface area contributed by atoms with Crippen molar-refractivity contribution < 1.29 is 0 Å². The van der Waals surface area contributed by atoms with Crippen LogP contribution in [-0.2, 0) is 6.54 Å². The van der Waals surface area contributed by atoms with Crippen molar-refractivity contribution >= 4 is 10.9 Å². The van der Waals surface area contributed by atoms with E-state index in [9.17, 15) is 0 Å². The van der Waals surface area contributed by atoms with E-state index in [1.807, 2.05) is 42.6 Å². The molecule has 0 aliphatic carbocycles. The van der Waals surface area contributed by atoms with Crippen LogP contribution in [0.2, 0.25) is 0 Å². The third kappa shape index (κ3) is 3.89. The summed E-state index contributed by atoms with van der Waals surface area (Å²) in [4.78, 5) is 16.7. The molecule has 5 rings (SSSR count). The molecule has 4 nitrogen and oxygen atoms in total. The molecule has 0 N–H and O–H groups in total. The number of likely N-dealkylation sites (tertiary alicyclic amines) is 1. The standard InChI is InChI=1S/C25H24N4/c1-6-15-29(16-7-1)18-20-10-2-4-11-21(20)23-13-8-14-24(27-23)25-26-17-19-9-3-5-12-22(19)28-25/h2-5,8-14,17H,1,6-7,15-16,18H2. The van der Waals surface area contributed by atoms with Crippen molar-refractivity contribution in [2.75, 3.05) is 13.1 Å². The largest absolute Gasteiger partial charge is 0.299 e. The van der Waals surface area contributed by atoms with Gasteiger partial charge in [0, 0.05) is 23.7 Å². The number of nitrogens with zero attached hydrogens (tertiary/aromatic N) is 4. The number of benzene rings is 2. The number of hydrogen-bond donors (Lipinski definition) is 0. The van der Waals surface area contributed by atoms with Gasteiger partial charge >= 0.3 is 0 Å². The Hall–Kier alpha value is -3.11. The molecule has 2 aromatic heterocycles. The summed E-state index contributed by atoms with van der Waals surface area (Å²) in [6, 6.07) is 22.8. The third-order valence-electron chi connectivity index (χ3n) is 5.60. The van der Waals surface area contributed by atoms with Crippen LogP contribution >= 0.6 is 0 Å². The summed E-state index contributed by atoms with van der Waals surface area (Å²) >= 11 is 0. The van der Waals surface area contributed by atoms with Gasteiger partial charge in [-0.25, -0.2) is 15.0 Å². The van der Waals surface area contributed by atoms with E-state index >= 15 is 0 Å². The Morgan fingerprint density at radius 1 is 0.724 bits per heavy atom. The van der Waals surface area contributed by atoms with Gasteiger partial charge in [-0.1, -0.05) is 55.0 Å². The number of para-hydroxylation sites is 1. The fourth-order valence-electron chi connectivity index (χ4n) is 4.07. The minimum absolute atomic E-state index is 0.666. The summed E-state index contributed by atoms with van der Waals surface area (Å²) in [5, 5.41) is 1.04. The van der Waals surface area contributed by atoms with Gasteiger partial charge in [-0.2, -0.15) is 0 Å². The first-order chi connectivity index (χ1) is 14.4. The van der Waals surface area contributed by atoms with Crippen LogP contribution in [0.5, 0.6) is 0 Å². The quantitative estimate of drug-likeness (QED) is 0.479. The Morgan fingerprint density at radius 3 is 2.45 bits per heavy atom. The van der Waals surface area contributed by atoms with E-state index in [4.69, 9.17) is 9.97 Å². The Bertz CT molecular complexity index is 1130. The van der Waals surface area contributed by atoms with Crippen LogP contribution in [0.25, 0.3) is 33.7 Å². The fraction of sp³-hybridized carbons (Fsp3) is 0.240. The number of piperidine rings is 1. The molecular formula is C25H24N4. The first kappa shape index (κ1) is 18.0. The molecule has 1 fully saturated rings. The molecule has 1 aliphatic rings. The lowest BCUT2D eigenvalue weighted by molar-refractivity contribution is 0.221. The predicted molar refractivity (Wildman–Crippen MR) is 117 cm³/mol. The topological polar surface area (TPSA) is 41.9 Å². The number of pyridine rings is 1. The zero-order chi connectivity index (χ0) is 19.5. The molecule has 1 aliphatic heterocycles. The van der Waals surface area contributed by atoms with Crippen LogP contribution < -0.4 is 0 Å². The Labute approximate surface area is 171 Å². The second-order valence-electron chi connectivity index (χ2n) is 7.65. The van der Waals surface area contributed by atoms with Crippen molar-refractivity contribution in [1.29, 1.82) is 0 Å². The van der Waals surface area contributed by atoms with Crippen LogP contribution in [0.15, 0.2) is 72.9 Å². The molecule has 0 bridgehead atoms. The Morgan fingerprint density at radius 2 is 1.52 bits per heavy atom. The predicted octanol–water partition coefficient (Wildman–Crippen LogP) is 5.34. The normalized spacial score (nSPS) is 14.9. The molecule has 0 radical (unpaired) electrons. The summed E-state index contributed by atoms with van der Waals surface area (Å²) in [6.45, 7) is 3.36. The molecule has 0 saturated carbocycles. The third-order valence-corrected chi connectivity index (χ3v) is 5.60. The van der Waals surface area contributed by atoms with Crippen LogP contribution in [0.4, 0.5) is 0 Å². The second kappa shape index (κ2) is 8.10. The van der Waals surface area contributed by atoms with Gasteiger partial charge in [0.1, 0.15) is 5.69 Å². The number of hydrogen-bond acceptors (Lipinski definition) is 4. The molecule has 4 aromatic rings. The van der Waals surface area contributed by atoms with Crippen LogP contribution in [-0.4, -0.2) is 32.9 Å². The van der Waals surface area contributed by atoms with Gasteiger partial charge in [0.05, 0.1) is 11.2 Å². The molecule has 0 unspecified atom stereocenters. The fourth-order valence-corrected chi connectivity index (χ4v) is 4.07. The number of rotatable bonds is 4. The van der Waals surface area contributed by atoms with E-state index in [2.05, 4.69) is 40.2 Å². The molecule has 29 heavy (non-hydrogen) atoms. The summed E-state index contributed by atoms with van der Waals surface area (Å²) in [5.41, 5.74) is 5.25. The van der Waals surface area contributed by atoms with E-state index in [1.54, 1.807) is 0 Å². The summed E-state index contributed by atoms with van der Waals surface area (Å²) < 4.78 is 0. The van der Waals surface area contributed by atoms with Crippen LogP contribution in [0.3, 0.4) is 0 Å². The summed E-state index contributed by atoms with van der Waals surface area (Å²) in [6.07, 6.45) is 5.83. The van der Waals surface area contributed by atoms with Crippen molar-refractivity contribution in [2.45, 2.75) is 25.8 Å². The summed E-state index contributed by atoms with van der Waals surface area (Å²) in [5.74, 6) is 0.666. The van der Waals surface area contributed by atoms with Crippen molar-refractivity contribution in [3.05, 3.63) is 78.5 Å². The molecule has 3 heterocycles. The molecule has 0 spiro atoms. The van der Waals surface area contributed by atoms with E-state index in [0.29, 0.717) is 5.82 Å². The first-order valence-corrected chi connectivity index (χ1v) is 10.4. The first-order valence-electron chi connectivity index (χ1n) is 10.4. The van der Waals surface area contributed by atoms with E-state index in [0.717, 1.165) is 28.8 Å². The zero-order valence-corrected chi connectivity index (χ0v) is 16.5. The minimum atomic E-state index is 0.666. The van der Waals surface area contributed by atoms with Crippen molar-refractivity contribution in [3.63, 3.8) is 0 Å². The number of aromatic nitrogens is 3. The lowest BCUT2D eigenvalue weighted by Gasteiger charge is -2.27. The van der Waals surface area contributed by atoms with Crippen molar-refractivity contribution in [2.24, 2.45) is 0 Å². The smallest absolute Gasteiger partial charge is 0.178 e. The van der Waals surface area contributed by atoms with Gasteiger partial charge in [-0.3, -0.25) is 4.90 Å². The molecule has 2 aromatic carbocycles. The Kier molecular flexibility index (Phi) is 5.01. The Balaban J connectivity index is 1.49. The highest BCUT2D eigenvalue weighted by Crippen LogP contribution is 2.26. The van der Waals surface area contributed by atoms with E-state index < -0.39 is 0 Å². The van der Waals surface area contributed by atoms with Gasteiger partial charge in [0.2, 0.25) is 0 Å². The van der Waals surface area contributed by atoms with Crippen LogP contribution in [0, 0.1) is 0 Å². The zero-order valence-electron chi connectivity index (χ0n) is 16.5. The lowest BCUT2D eigenvalue weighted by Crippen LogP contribution is -2.29. The maximum absolute atomic E-state index is 4.93. The van der Waals surface area contributed by atoms with E-state index in [1.165, 1.54) is 43.5 Å². The van der Waals surface area contributed by atoms with Crippen LogP contribution in [0.1, 0.15) is 24.8 Å². The van der Waals surface area contributed by atoms with Crippen molar-refractivity contribution in [1.82, 2.24) is 19.9 Å². The van der Waals surface area contributed by atoms with Gasteiger partial charge in [-0.15, -0.1) is 0 Å². The highest BCUT2D eigenvalue weighted by atomic mass is 15.1. The minimum Gasteiger partial charge on any atom is -0.299 e. The van der Waals surface area contributed by atoms with Crippen molar-refractivity contribution in [3.8, 4) is 22.8 Å². The van der Waals surface area contributed by atoms with Gasteiger partial charge < -0.3 is 0 Å². The molecule has 1 saturated heterocycles. The highest BCUT2D eigenvalue weighted by Gasteiger charge is 2.14. The average Bonchev–Trinajstić information content (AvgIpc) is 2.80. The molecule has 4 heteroatoms. The van der Waals surface area contributed by atoms with E-state index in [-0.39, 0.29) is 0 Å². The number of fused-ring (bicyclic) bond motifs is 1. The van der Waals surface area contributed by atoms with Gasteiger partial charge in [-0.05, 0) is 49.7 Å². The highest BCUT2D eigenvalue weighted by molar-refractivity contribution is 5.79. The molecule has 0 atom stereocenters. The SMILES string of the molecule is c1cc(-c2ncc3ccccc3n2)nc(-c2ccccc2CN2CCCCC2)c1. The van der Waals surface area contributed by atoms with Gasteiger partial charge in [0.25, 0.3) is 0 Å². The monoisotopic (exact) mass is 380 g/mol. The maximum atomic E-state index is 4.93. The molecule has 144 valence electrons. The molecule has 0 amide bonds. The average molecular weight is 380 g/mol. The van der Waals surface area contributed by atoms with Gasteiger partial charge in [0.15, 0.2) is 5.82 Å². The second-order valence-corrected chi connectivity index (χ2v) is 7.65. The molecular weight excluding hydrogens is 356 g/mol.